The largest absolute Gasteiger partial charge is 0.260 e. The van der Waals surface area contributed by atoms with Crippen molar-refractivity contribution in [2.75, 3.05) is 0 Å². The molecule has 0 radical (unpaired) electrons. The van der Waals surface area contributed by atoms with Crippen LogP contribution in [0.1, 0.15) is 22.3 Å². The Balaban J connectivity index is 1.86. The van der Waals surface area contributed by atoms with Gasteiger partial charge in [0.1, 0.15) is 0 Å². The number of aryl methyl sites for hydroxylation is 1. The molecule has 3 aromatic rings. The number of rotatable bonds is 2. The molecule has 3 heteroatoms. The molecule has 1 N–H and O–H groups in total. The Bertz CT molecular complexity index is 940. The summed E-state index contributed by atoms with van der Waals surface area (Å²) >= 11 is 0. The van der Waals surface area contributed by atoms with Gasteiger partial charge in [-0.2, -0.15) is 5.10 Å². The van der Waals surface area contributed by atoms with Crippen molar-refractivity contribution < 1.29 is 0 Å². The number of benzene rings is 3. The normalized spacial score (nSPS) is 13.2. The molecule has 0 saturated carbocycles. The predicted molar refractivity (Wildman–Crippen MR) is 99.0 cm³/mol. The van der Waals surface area contributed by atoms with Gasteiger partial charge in [0.05, 0.1) is 11.4 Å². The van der Waals surface area contributed by atoms with E-state index in [1.54, 1.807) is 0 Å². The van der Waals surface area contributed by atoms with E-state index in [-0.39, 0.29) is 0 Å². The van der Waals surface area contributed by atoms with E-state index in [1.807, 2.05) is 48.5 Å². The van der Waals surface area contributed by atoms with Gasteiger partial charge >= 0.3 is 0 Å². The Hall–Kier alpha value is -3.20. The third-order valence-electron chi connectivity index (χ3n) is 4.00. The average Bonchev–Trinajstić information content (AvgIpc) is 2.82. The van der Waals surface area contributed by atoms with Crippen molar-refractivity contribution in [3.8, 4) is 0 Å². The molecular formula is C21H17N3. The molecule has 1 heterocycles. The van der Waals surface area contributed by atoms with Crippen LogP contribution in [0, 0.1) is 6.92 Å². The molecule has 0 atom stereocenters. The third kappa shape index (κ3) is 2.72. The summed E-state index contributed by atoms with van der Waals surface area (Å²) < 4.78 is 0. The van der Waals surface area contributed by atoms with Crippen molar-refractivity contribution in [2.45, 2.75) is 6.92 Å². The van der Waals surface area contributed by atoms with Gasteiger partial charge in [0.2, 0.25) is 0 Å². The first-order valence-electron chi connectivity index (χ1n) is 7.95. The average molecular weight is 311 g/mol. The number of amidine groups is 1. The van der Waals surface area contributed by atoms with Gasteiger partial charge in [0.25, 0.3) is 0 Å². The minimum atomic E-state index is 0.761. The third-order valence-corrected chi connectivity index (χ3v) is 4.00. The van der Waals surface area contributed by atoms with Gasteiger partial charge in [0.15, 0.2) is 5.84 Å². The second-order valence-electron chi connectivity index (χ2n) is 5.79. The van der Waals surface area contributed by atoms with E-state index in [4.69, 9.17) is 4.99 Å². The quantitative estimate of drug-likeness (QED) is 0.747. The fourth-order valence-corrected chi connectivity index (χ4v) is 2.82. The highest BCUT2D eigenvalue weighted by atomic mass is 15.3. The Morgan fingerprint density at radius 2 is 1.50 bits per heavy atom. The highest BCUT2D eigenvalue weighted by molar-refractivity contribution is 6.17. The van der Waals surface area contributed by atoms with Crippen LogP contribution in [0.15, 0.2) is 89.0 Å². The topological polar surface area (TPSA) is 36.8 Å². The molecule has 0 saturated heterocycles. The lowest BCUT2D eigenvalue weighted by molar-refractivity contribution is 1.03. The van der Waals surface area contributed by atoms with Gasteiger partial charge < -0.3 is 0 Å². The van der Waals surface area contributed by atoms with Crippen molar-refractivity contribution in [3.63, 3.8) is 0 Å². The summed E-state index contributed by atoms with van der Waals surface area (Å²) in [5, 5.41) is 4.66. The highest BCUT2D eigenvalue weighted by Crippen LogP contribution is 2.25. The second-order valence-corrected chi connectivity index (χ2v) is 5.79. The summed E-state index contributed by atoms with van der Waals surface area (Å²) in [4.78, 5) is 4.82. The van der Waals surface area contributed by atoms with E-state index in [2.05, 4.69) is 47.8 Å². The van der Waals surface area contributed by atoms with Crippen LogP contribution in [0.5, 0.6) is 0 Å². The number of hydrogen-bond donors (Lipinski definition) is 1. The zero-order valence-corrected chi connectivity index (χ0v) is 13.4. The molecule has 4 rings (SSSR count). The monoisotopic (exact) mass is 311 g/mol. The highest BCUT2D eigenvalue weighted by Gasteiger charge is 2.16. The van der Waals surface area contributed by atoms with E-state index < -0.39 is 0 Å². The summed E-state index contributed by atoms with van der Waals surface area (Å²) in [5.74, 6) is 0.761. The van der Waals surface area contributed by atoms with Gasteiger partial charge in [0, 0.05) is 16.7 Å². The maximum Gasteiger partial charge on any atom is 0.154 e. The minimum Gasteiger partial charge on any atom is -0.260 e. The van der Waals surface area contributed by atoms with Crippen LogP contribution < -0.4 is 5.43 Å². The zero-order valence-electron chi connectivity index (χ0n) is 13.4. The number of nitrogens with one attached hydrogen (secondary N) is 1. The summed E-state index contributed by atoms with van der Waals surface area (Å²) in [6.07, 6.45) is 0. The standard InChI is InChI=1S/C21H17N3/c1-15-8-7-11-17(14-15)21-22-19-13-6-5-12-18(19)20(23-24-21)16-9-3-2-4-10-16/h2-14H,1H3,(H,22,24). The van der Waals surface area contributed by atoms with Crippen LogP contribution >= 0.6 is 0 Å². The lowest BCUT2D eigenvalue weighted by atomic mass is 10.0. The molecule has 3 aromatic carbocycles. The summed E-state index contributed by atoms with van der Waals surface area (Å²) in [6.45, 7) is 2.08. The number of fused-ring (bicyclic) bond motifs is 1. The van der Waals surface area contributed by atoms with E-state index in [1.165, 1.54) is 5.56 Å². The van der Waals surface area contributed by atoms with Crippen LogP contribution in [0.4, 0.5) is 5.69 Å². The van der Waals surface area contributed by atoms with Crippen LogP contribution in [-0.2, 0) is 0 Å². The van der Waals surface area contributed by atoms with Gasteiger partial charge in [-0.25, -0.2) is 4.99 Å². The van der Waals surface area contributed by atoms with Crippen LogP contribution in [0.2, 0.25) is 0 Å². The van der Waals surface area contributed by atoms with E-state index >= 15 is 0 Å². The second kappa shape index (κ2) is 6.13. The molecule has 116 valence electrons. The first-order chi connectivity index (χ1) is 11.8. The van der Waals surface area contributed by atoms with Crippen molar-refractivity contribution >= 4 is 17.2 Å². The van der Waals surface area contributed by atoms with E-state index in [9.17, 15) is 0 Å². The van der Waals surface area contributed by atoms with Crippen LogP contribution in [0.3, 0.4) is 0 Å². The number of aliphatic imine (C=N–C) groups is 1. The summed E-state index contributed by atoms with van der Waals surface area (Å²) in [5.41, 5.74) is 9.30. The fraction of sp³-hybridized carbons (Fsp3) is 0.0476. The van der Waals surface area contributed by atoms with Crippen LogP contribution in [0.25, 0.3) is 0 Å². The van der Waals surface area contributed by atoms with E-state index in [0.717, 1.165) is 33.9 Å². The minimum absolute atomic E-state index is 0.761. The number of hydrazone groups is 1. The van der Waals surface area contributed by atoms with Crippen molar-refractivity contribution in [3.05, 3.63) is 101 Å². The smallest absolute Gasteiger partial charge is 0.154 e. The molecule has 0 unspecified atom stereocenters. The van der Waals surface area contributed by atoms with Crippen molar-refractivity contribution in [1.82, 2.24) is 5.43 Å². The Labute approximate surface area is 141 Å². The first-order valence-corrected chi connectivity index (χ1v) is 7.95. The maximum atomic E-state index is 4.82. The van der Waals surface area contributed by atoms with Crippen molar-refractivity contribution in [1.29, 1.82) is 0 Å². The molecule has 0 aromatic heterocycles. The molecule has 0 bridgehead atoms. The molecule has 0 fully saturated rings. The molecule has 0 spiro atoms. The van der Waals surface area contributed by atoms with Gasteiger partial charge in [-0.3, -0.25) is 5.43 Å². The number of para-hydroxylation sites is 1. The Morgan fingerprint density at radius 1 is 0.750 bits per heavy atom. The lowest BCUT2D eigenvalue weighted by Crippen LogP contribution is -2.19. The fourth-order valence-electron chi connectivity index (χ4n) is 2.82. The SMILES string of the molecule is Cc1cccc(C2=Nc3ccccc3C(c3ccccc3)=NN2)c1. The van der Waals surface area contributed by atoms with Gasteiger partial charge in [-0.05, 0) is 19.1 Å². The van der Waals surface area contributed by atoms with Gasteiger partial charge in [-0.1, -0.05) is 72.3 Å². The molecule has 0 amide bonds. The summed E-state index contributed by atoms with van der Waals surface area (Å²) in [6, 6.07) is 26.6. The van der Waals surface area contributed by atoms with Crippen LogP contribution in [-0.4, -0.2) is 11.5 Å². The Kier molecular flexibility index (Phi) is 3.67. The first kappa shape index (κ1) is 14.4. The Morgan fingerprint density at radius 3 is 2.33 bits per heavy atom. The van der Waals surface area contributed by atoms with Gasteiger partial charge in [-0.15, -0.1) is 0 Å². The zero-order chi connectivity index (χ0) is 16.4. The number of nitrogens with zero attached hydrogens (tertiary/aromatic N) is 2. The molecule has 24 heavy (non-hydrogen) atoms. The number of hydrogen-bond acceptors (Lipinski definition) is 3. The molecule has 1 aliphatic rings. The lowest BCUT2D eigenvalue weighted by Gasteiger charge is -2.07. The molecule has 3 nitrogen and oxygen atoms in total. The molecule has 0 aliphatic carbocycles. The maximum absolute atomic E-state index is 4.82. The van der Waals surface area contributed by atoms with Crippen molar-refractivity contribution in [2.24, 2.45) is 10.1 Å². The van der Waals surface area contributed by atoms with E-state index in [0.29, 0.717) is 0 Å². The summed E-state index contributed by atoms with van der Waals surface area (Å²) in [7, 11) is 0. The predicted octanol–water partition coefficient (Wildman–Crippen LogP) is 4.43. The molecule has 1 aliphatic heterocycles. The molecular weight excluding hydrogens is 294 g/mol.